The third-order valence-electron chi connectivity index (χ3n) is 4.52. The van der Waals surface area contributed by atoms with Crippen LogP contribution in [0, 0.1) is 0 Å². The summed E-state index contributed by atoms with van der Waals surface area (Å²) in [6.07, 6.45) is 2.12. The molecule has 0 saturated carbocycles. The van der Waals surface area contributed by atoms with Crippen molar-refractivity contribution in [2.24, 2.45) is 0 Å². The molecular weight excluding hydrogens is 302 g/mol. The maximum absolute atomic E-state index is 12.9. The van der Waals surface area contributed by atoms with Gasteiger partial charge in [0.2, 0.25) is 5.91 Å². The Labute approximate surface area is 139 Å². The van der Waals surface area contributed by atoms with Crippen LogP contribution in [0.3, 0.4) is 0 Å². The van der Waals surface area contributed by atoms with E-state index < -0.39 is 0 Å². The van der Waals surface area contributed by atoms with Crippen LogP contribution in [0.25, 0.3) is 11.0 Å². The molecule has 2 heterocycles. The molecule has 0 aliphatic carbocycles. The summed E-state index contributed by atoms with van der Waals surface area (Å²) >= 11 is 0. The van der Waals surface area contributed by atoms with E-state index in [4.69, 9.17) is 0 Å². The van der Waals surface area contributed by atoms with Gasteiger partial charge in [0.25, 0.3) is 5.56 Å². The molecular formula is C19H17N3O2. The Morgan fingerprint density at radius 3 is 2.79 bits per heavy atom. The number of anilines is 1. The van der Waals surface area contributed by atoms with E-state index in [-0.39, 0.29) is 24.1 Å². The van der Waals surface area contributed by atoms with E-state index in [0.717, 1.165) is 12.1 Å². The molecule has 0 unspecified atom stereocenters. The standard InChI is InChI=1S/C19H17N3O2/c1-13-10-14-6-2-4-8-16(14)22(13)19(24)12-21-17-9-5-3-7-15(17)20-11-18(21)23/h2-9,11,13H,10,12H2,1H3/t13-/m1/s1. The molecule has 0 radical (unpaired) electrons. The molecule has 0 N–H and O–H groups in total. The molecule has 0 spiro atoms. The molecule has 1 aliphatic rings. The number of aromatic nitrogens is 2. The molecule has 4 rings (SSSR count). The minimum absolute atomic E-state index is 0.0144. The quantitative estimate of drug-likeness (QED) is 0.729. The number of para-hydroxylation sites is 3. The average Bonchev–Trinajstić information content (AvgIpc) is 2.93. The molecule has 0 fully saturated rings. The summed E-state index contributed by atoms with van der Waals surface area (Å²) < 4.78 is 1.50. The fraction of sp³-hybridized carbons (Fsp3) is 0.211. The summed E-state index contributed by atoms with van der Waals surface area (Å²) in [6, 6.07) is 15.4. The van der Waals surface area contributed by atoms with Crippen LogP contribution in [0.15, 0.2) is 59.5 Å². The van der Waals surface area contributed by atoms with Crippen molar-refractivity contribution in [2.45, 2.75) is 25.9 Å². The van der Waals surface area contributed by atoms with Gasteiger partial charge in [-0.3, -0.25) is 14.2 Å². The van der Waals surface area contributed by atoms with Crippen molar-refractivity contribution >= 4 is 22.6 Å². The number of carbonyl (C=O) groups excluding carboxylic acids is 1. The Morgan fingerprint density at radius 2 is 1.92 bits per heavy atom. The average molecular weight is 319 g/mol. The highest BCUT2D eigenvalue weighted by Crippen LogP contribution is 2.32. The van der Waals surface area contributed by atoms with Crippen LogP contribution >= 0.6 is 0 Å². The van der Waals surface area contributed by atoms with Crippen LogP contribution in [0.5, 0.6) is 0 Å². The van der Waals surface area contributed by atoms with Gasteiger partial charge >= 0.3 is 0 Å². The first-order valence-corrected chi connectivity index (χ1v) is 7.99. The summed E-state index contributed by atoms with van der Waals surface area (Å²) in [5, 5.41) is 0. The van der Waals surface area contributed by atoms with Gasteiger partial charge in [0.1, 0.15) is 6.54 Å². The first-order chi connectivity index (χ1) is 11.6. The van der Waals surface area contributed by atoms with Gasteiger partial charge < -0.3 is 4.90 Å². The van der Waals surface area contributed by atoms with Crippen LogP contribution < -0.4 is 10.5 Å². The van der Waals surface area contributed by atoms with Crippen molar-refractivity contribution in [3.05, 3.63) is 70.6 Å². The molecule has 2 aromatic carbocycles. The summed E-state index contributed by atoms with van der Waals surface area (Å²) in [5.74, 6) is -0.0779. The van der Waals surface area contributed by atoms with E-state index in [1.54, 1.807) is 4.90 Å². The molecule has 0 saturated heterocycles. The van der Waals surface area contributed by atoms with Gasteiger partial charge in [-0.25, -0.2) is 4.98 Å². The zero-order valence-corrected chi connectivity index (χ0v) is 13.3. The van der Waals surface area contributed by atoms with Gasteiger partial charge in [0.15, 0.2) is 0 Å². The minimum atomic E-state index is -0.262. The molecule has 24 heavy (non-hydrogen) atoms. The summed E-state index contributed by atoms with van der Waals surface area (Å²) in [4.78, 5) is 31.1. The molecule has 3 aromatic rings. The number of fused-ring (bicyclic) bond motifs is 2. The van der Waals surface area contributed by atoms with E-state index in [1.165, 1.54) is 16.3 Å². The third-order valence-corrected chi connectivity index (χ3v) is 4.52. The molecule has 1 atom stereocenters. The number of nitrogens with zero attached hydrogens (tertiary/aromatic N) is 3. The third kappa shape index (κ3) is 2.29. The predicted molar refractivity (Wildman–Crippen MR) is 93.1 cm³/mol. The number of rotatable bonds is 2. The Balaban J connectivity index is 1.73. The monoisotopic (exact) mass is 319 g/mol. The fourth-order valence-corrected chi connectivity index (χ4v) is 3.43. The van der Waals surface area contributed by atoms with Crippen LogP contribution in [0.2, 0.25) is 0 Å². The highest BCUT2D eigenvalue weighted by Gasteiger charge is 2.30. The first kappa shape index (κ1) is 14.6. The SMILES string of the molecule is C[C@@H]1Cc2ccccc2N1C(=O)Cn1c(=O)cnc2ccccc21. The molecule has 5 heteroatoms. The van der Waals surface area contributed by atoms with Gasteiger partial charge in [-0.05, 0) is 37.1 Å². The molecule has 5 nitrogen and oxygen atoms in total. The smallest absolute Gasteiger partial charge is 0.269 e. The fourth-order valence-electron chi connectivity index (χ4n) is 3.43. The maximum Gasteiger partial charge on any atom is 0.269 e. The topological polar surface area (TPSA) is 55.2 Å². The predicted octanol–water partition coefficient (Wildman–Crippen LogP) is 2.37. The number of amides is 1. The van der Waals surface area contributed by atoms with Gasteiger partial charge in [0, 0.05) is 11.7 Å². The highest BCUT2D eigenvalue weighted by atomic mass is 16.2. The van der Waals surface area contributed by atoms with Crippen molar-refractivity contribution in [2.75, 3.05) is 4.90 Å². The largest absolute Gasteiger partial charge is 0.307 e. The van der Waals surface area contributed by atoms with Crippen molar-refractivity contribution in [3.8, 4) is 0 Å². The second-order valence-corrected chi connectivity index (χ2v) is 6.12. The molecule has 1 aromatic heterocycles. The summed E-state index contributed by atoms with van der Waals surface area (Å²) in [7, 11) is 0. The van der Waals surface area contributed by atoms with Crippen LogP contribution in [-0.2, 0) is 17.8 Å². The Morgan fingerprint density at radius 1 is 1.17 bits per heavy atom. The second kappa shape index (κ2) is 5.60. The van der Waals surface area contributed by atoms with Crippen LogP contribution in [-0.4, -0.2) is 21.5 Å². The van der Waals surface area contributed by atoms with Crippen molar-refractivity contribution in [3.63, 3.8) is 0 Å². The Bertz CT molecular complexity index is 993. The number of hydrogen-bond acceptors (Lipinski definition) is 3. The van der Waals surface area contributed by atoms with E-state index in [0.29, 0.717) is 11.0 Å². The zero-order chi connectivity index (χ0) is 16.7. The Kier molecular flexibility index (Phi) is 3.41. The lowest BCUT2D eigenvalue weighted by molar-refractivity contribution is -0.119. The zero-order valence-electron chi connectivity index (χ0n) is 13.3. The van der Waals surface area contributed by atoms with E-state index in [2.05, 4.69) is 4.98 Å². The van der Waals surface area contributed by atoms with Crippen molar-refractivity contribution in [1.82, 2.24) is 9.55 Å². The lowest BCUT2D eigenvalue weighted by Crippen LogP contribution is -2.40. The van der Waals surface area contributed by atoms with Crippen molar-refractivity contribution < 1.29 is 4.79 Å². The number of carbonyl (C=O) groups is 1. The normalized spacial score (nSPS) is 16.4. The highest BCUT2D eigenvalue weighted by molar-refractivity contribution is 5.96. The van der Waals surface area contributed by atoms with Crippen molar-refractivity contribution in [1.29, 1.82) is 0 Å². The number of hydrogen-bond donors (Lipinski definition) is 0. The second-order valence-electron chi connectivity index (χ2n) is 6.12. The van der Waals surface area contributed by atoms with E-state index in [9.17, 15) is 9.59 Å². The van der Waals surface area contributed by atoms with E-state index in [1.807, 2.05) is 55.5 Å². The lowest BCUT2D eigenvalue weighted by Gasteiger charge is -2.23. The number of benzene rings is 2. The summed E-state index contributed by atoms with van der Waals surface area (Å²) in [6.45, 7) is 2.05. The van der Waals surface area contributed by atoms with E-state index >= 15 is 0 Å². The van der Waals surface area contributed by atoms with Gasteiger partial charge in [-0.15, -0.1) is 0 Å². The first-order valence-electron chi connectivity index (χ1n) is 7.99. The molecule has 0 bridgehead atoms. The lowest BCUT2D eigenvalue weighted by atomic mass is 10.1. The van der Waals surface area contributed by atoms with Gasteiger partial charge in [-0.2, -0.15) is 0 Å². The van der Waals surface area contributed by atoms with Crippen LogP contribution in [0.4, 0.5) is 5.69 Å². The molecule has 1 aliphatic heterocycles. The summed E-state index contributed by atoms with van der Waals surface area (Å²) in [5.41, 5.74) is 3.24. The Hall–Kier alpha value is -2.95. The van der Waals surface area contributed by atoms with Crippen LogP contribution in [0.1, 0.15) is 12.5 Å². The molecule has 120 valence electrons. The maximum atomic E-state index is 12.9. The minimum Gasteiger partial charge on any atom is -0.307 e. The molecule has 1 amide bonds. The van der Waals surface area contributed by atoms with Gasteiger partial charge in [-0.1, -0.05) is 30.3 Å². The van der Waals surface area contributed by atoms with Gasteiger partial charge in [0.05, 0.1) is 17.2 Å².